The summed E-state index contributed by atoms with van der Waals surface area (Å²) in [6.07, 6.45) is 5.35. The Balaban J connectivity index is 1.35. The molecular weight excluding hydrogens is 344 g/mol. The Kier molecular flexibility index (Phi) is 4.82. The lowest BCUT2D eigenvalue weighted by Crippen LogP contribution is -2.40. The molecule has 7 nitrogen and oxygen atoms in total. The summed E-state index contributed by atoms with van der Waals surface area (Å²) in [5, 5.41) is 3.61. The number of hydrogen-bond donors (Lipinski definition) is 1. The number of benzene rings is 1. The molecule has 1 saturated heterocycles. The lowest BCUT2D eigenvalue weighted by atomic mass is 9.97. The largest absolute Gasteiger partial charge is 0.422 e. The zero-order valence-corrected chi connectivity index (χ0v) is 14.8. The molecule has 0 aliphatic carbocycles. The van der Waals surface area contributed by atoms with E-state index in [-0.39, 0.29) is 11.5 Å². The maximum absolute atomic E-state index is 12.4. The molecule has 0 saturated carbocycles. The number of amides is 1. The average molecular weight is 364 g/mol. The van der Waals surface area contributed by atoms with E-state index < -0.39 is 5.63 Å². The van der Waals surface area contributed by atoms with Gasteiger partial charge >= 0.3 is 5.63 Å². The summed E-state index contributed by atoms with van der Waals surface area (Å²) in [6.45, 7) is 2.24. The number of hydrogen-bond acceptors (Lipinski definition) is 6. The highest BCUT2D eigenvalue weighted by Crippen LogP contribution is 2.20. The van der Waals surface area contributed by atoms with Crippen LogP contribution in [0.5, 0.6) is 0 Å². The fourth-order valence-corrected chi connectivity index (χ4v) is 3.34. The first-order valence-electron chi connectivity index (χ1n) is 9.04. The maximum Gasteiger partial charge on any atom is 0.349 e. The van der Waals surface area contributed by atoms with Gasteiger partial charge in [0.05, 0.1) is 0 Å². The third-order valence-electron chi connectivity index (χ3n) is 4.89. The van der Waals surface area contributed by atoms with E-state index in [1.54, 1.807) is 36.7 Å². The van der Waals surface area contributed by atoms with Gasteiger partial charge in [-0.3, -0.25) is 4.79 Å². The number of para-hydroxylation sites is 1. The first-order valence-corrected chi connectivity index (χ1v) is 9.04. The Morgan fingerprint density at radius 2 is 1.89 bits per heavy atom. The summed E-state index contributed by atoms with van der Waals surface area (Å²) in [4.78, 5) is 35.2. The molecule has 1 fully saturated rings. The average Bonchev–Trinajstić information content (AvgIpc) is 2.72. The number of rotatable bonds is 4. The summed E-state index contributed by atoms with van der Waals surface area (Å²) in [7, 11) is 0. The van der Waals surface area contributed by atoms with Gasteiger partial charge in [0.1, 0.15) is 11.1 Å². The van der Waals surface area contributed by atoms with Crippen molar-refractivity contribution in [2.75, 3.05) is 24.5 Å². The highest BCUT2D eigenvalue weighted by molar-refractivity contribution is 5.96. The van der Waals surface area contributed by atoms with Gasteiger partial charge in [-0.15, -0.1) is 0 Å². The van der Waals surface area contributed by atoms with E-state index in [0.29, 0.717) is 18.0 Å². The molecule has 1 aliphatic rings. The summed E-state index contributed by atoms with van der Waals surface area (Å²) in [5.41, 5.74) is -0.0828. The molecule has 4 rings (SSSR count). The second-order valence-corrected chi connectivity index (χ2v) is 6.67. The number of piperidine rings is 1. The number of fused-ring (bicyclic) bond motifs is 1. The van der Waals surface area contributed by atoms with E-state index in [1.807, 2.05) is 12.1 Å². The van der Waals surface area contributed by atoms with Crippen LogP contribution in [0.2, 0.25) is 0 Å². The van der Waals surface area contributed by atoms with Crippen LogP contribution in [0.3, 0.4) is 0 Å². The molecule has 3 aromatic rings. The third kappa shape index (κ3) is 3.81. The van der Waals surface area contributed by atoms with Crippen molar-refractivity contribution in [2.45, 2.75) is 12.8 Å². The van der Waals surface area contributed by atoms with E-state index >= 15 is 0 Å². The predicted octanol–water partition coefficient (Wildman–Crippen LogP) is 2.23. The van der Waals surface area contributed by atoms with Crippen LogP contribution in [-0.4, -0.2) is 35.5 Å². The molecule has 138 valence electrons. The maximum atomic E-state index is 12.4. The van der Waals surface area contributed by atoms with E-state index in [1.165, 1.54) is 0 Å². The minimum absolute atomic E-state index is 0.0452. The van der Waals surface area contributed by atoms with Crippen molar-refractivity contribution in [1.29, 1.82) is 0 Å². The Morgan fingerprint density at radius 1 is 1.15 bits per heavy atom. The lowest BCUT2D eigenvalue weighted by Gasteiger charge is -2.31. The lowest BCUT2D eigenvalue weighted by molar-refractivity contribution is 0.0941. The predicted molar refractivity (Wildman–Crippen MR) is 102 cm³/mol. The van der Waals surface area contributed by atoms with E-state index in [9.17, 15) is 9.59 Å². The molecule has 1 aliphatic heterocycles. The SMILES string of the molecule is O=C(NCC1CCN(c2ncccn2)CC1)c1cc2ccccc2oc1=O. The molecule has 2 aromatic heterocycles. The van der Waals surface area contributed by atoms with Gasteiger partial charge in [-0.05, 0) is 37.0 Å². The molecule has 1 N–H and O–H groups in total. The molecule has 0 bridgehead atoms. The number of carbonyl (C=O) groups excluding carboxylic acids is 1. The Hall–Kier alpha value is -3.22. The van der Waals surface area contributed by atoms with Gasteiger partial charge in [0.25, 0.3) is 5.91 Å². The Labute approximate surface area is 156 Å². The van der Waals surface area contributed by atoms with E-state index in [2.05, 4.69) is 20.2 Å². The van der Waals surface area contributed by atoms with Crippen LogP contribution in [0.25, 0.3) is 11.0 Å². The van der Waals surface area contributed by atoms with Crippen LogP contribution in [0, 0.1) is 5.92 Å². The molecule has 0 radical (unpaired) electrons. The second-order valence-electron chi connectivity index (χ2n) is 6.67. The third-order valence-corrected chi connectivity index (χ3v) is 4.89. The summed E-state index contributed by atoms with van der Waals surface area (Å²) in [6, 6.07) is 10.5. The topological polar surface area (TPSA) is 88.3 Å². The van der Waals surface area contributed by atoms with Crippen molar-refractivity contribution in [1.82, 2.24) is 15.3 Å². The number of nitrogens with one attached hydrogen (secondary N) is 1. The standard InChI is InChI=1S/C20H20N4O3/c25-18(16-12-15-4-1-2-5-17(15)27-19(16)26)23-13-14-6-10-24(11-7-14)20-21-8-3-9-22-20/h1-5,8-9,12,14H,6-7,10-11,13H2,(H,23,25). The molecule has 0 unspecified atom stereocenters. The van der Waals surface area contributed by atoms with Crippen molar-refractivity contribution < 1.29 is 9.21 Å². The fourth-order valence-electron chi connectivity index (χ4n) is 3.34. The van der Waals surface area contributed by atoms with Crippen LogP contribution in [0.1, 0.15) is 23.2 Å². The second kappa shape index (κ2) is 7.57. The quantitative estimate of drug-likeness (QED) is 0.714. The van der Waals surface area contributed by atoms with Crippen LogP contribution in [-0.2, 0) is 0 Å². The molecule has 27 heavy (non-hydrogen) atoms. The van der Waals surface area contributed by atoms with Crippen molar-refractivity contribution in [3.05, 3.63) is 64.8 Å². The zero-order valence-electron chi connectivity index (χ0n) is 14.8. The molecule has 7 heteroatoms. The molecule has 0 atom stereocenters. The van der Waals surface area contributed by atoms with Gasteiger partial charge in [-0.25, -0.2) is 14.8 Å². The molecular formula is C20H20N4O3. The van der Waals surface area contributed by atoms with Crippen LogP contribution < -0.4 is 15.8 Å². The monoisotopic (exact) mass is 364 g/mol. The summed E-state index contributed by atoms with van der Waals surface area (Å²) >= 11 is 0. The van der Waals surface area contributed by atoms with Crippen LogP contribution in [0.4, 0.5) is 5.95 Å². The summed E-state index contributed by atoms with van der Waals surface area (Å²) in [5.74, 6) is 0.721. The Bertz CT molecular complexity index is 995. The van der Waals surface area contributed by atoms with Crippen LogP contribution in [0.15, 0.2) is 58.0 Å². The number of carbonyl (C=O) groups is 1. The van der Waals surface area contributed by atoms with E-state index in [0.717, 1.165) is 37.3 Å². The van der Waals surface area contributed by atoms with Crippen molar-refractivity contribution in [3.63, 3.8) is 0 Å². The number of nitrogens with zero attached hydrogens (tertiary/aromatic N) is 3. The van der Waals surface area contributed by atoms with Crippen molar-refractivity contribution in [2.24, 2.45) is 5.92 Å². The first kappa shape index (κ1) is 17.2. The molecule has 3 heterocycles. The van der Waals surface area contributed by atoms with Crippen molar-refractivity contribution >= 4 is 22.8 Å². The molecule has 0 spiro atoms. The highest BCUT2D eigenvalue weighted by Gasteiger charge is 2.22. The number of anilines is 1. The van der Waals surface area contributed by atoms with Gasteiger partial charge in [0.2, 0.25) is 5.95 Å². The fraction of sp³-hybridized carbons (Fsp3) is 0.300. The van der Waals surface area contributed by atoms with Crippen LogP contribution >= 0.6 is 0 Å². The first-order chi connectivity index (χ1) is 13.2. The van der Waals surface area contributed by atoms with Gasteiger partial charge in [0, 0.05) is 37.4 Å². The molecule has 1 amide bonds. The highest BCUT2D eigenvalue weighted by atomic mass is 16.4. The molecule has 1 aromatic carbocycles. The van der Waals surface area contributed by atoms with Gasteiger partial charge in [-0.1, -0.05) is 18.2 Å². The van der Waals surface area contributed by atoms with E-state index in [4.69, 9.17) is 4.42 Å². The normalized spacial score (nSPS) is 15.0. The van der Waals surface area contributed by atoms with Gasteiger partial charge in [-0.2, -0.15) is 0 Å². The zero-order chi connectivity index (χ0) is 18.6. The number of aromatic nitrogens is 2. The Morgan fingerprint density at radius 3 is 2.67 bits per heavy atom. The summed E-state index contributed by atoms with van der Waals surface area (Å²) < 4.78 is 5.23. The van der Waals surface area contributed by atoms with Gasteiger partial charge in [0.15, 0.2) is 0 Å². The van der Waals surface area contributed by atoms with Crippen molar-refractivity contribution in [3.8, 4) is 0 Å². The smallest absolute Gasteiger partial charge is 0.349 e. The van der Waals surface area contributed by atoms with Gasteiger partial charge < -0.3 is 14.6 Å². The minimum Gasteiger partial charge on any atom is -0.422 e. The minimum atomic E-state index is -0.609.